The van der Waals surface area contributed by atoms with Crippen LogP contribution < -0.4 is 0 Å². The maximum absolute atomic E-state index is 6.53. The van der Waals surface area contributed by atoms with Crippen LogP contribution >= 0.6 is 0 Å². The molecule has 0 bridgehead atoms. The van der Waals surface area contributed by atoms with Gasteiger partial charge in [-0.2, -0.15) is 0 Å². The van der Waals surface area contributed by atoms with E-state index >= 15 is 0 Å². The van der Waals surface area contributed by atoms with E-state index in [0.29, 0.717) is 17.5 Å². The topological polar surface area (TPSA) is 51.8 Å². The van der Waals surface area contributed by atoms with Crippen molar-refractivity contribution in [3.63, 3.8) is 0 Å². The molecule has 10 rings (SSSR count). The van der Waals surface area contributed by atoms with Gasteiger partial charge in [0, 0.05) is 38.2 Å². The summed E-state index contributed by atoms with van der Waals surface area (Å²) in [6.07, 6.45) is 0. The van der Waals surface area contributed by atoms with Gasteiger partial charge >= 0.3 is 0 Å². The molecule has 0 fully saturated rings. The normalized spacial score (nSPS) is 11.7. The van der Waals surface area contributed by atoms with Gasteiger partial charge in [-0.15, -0.1) is 0 Å². The molecule has 0 radical (unpaired) electrons. The Morgan fingerprint density at radius 2 is 0.816 bits per heavy atom. The van der Waals surface area contributed by atoms with Gasteiger partial charge in [0.15, 0.2) is 17.5 Å². The van der Waals surface area contributed by atoms with E-state index in [1.54, 1.807) is 0 Å². The van der Waals surface area contributed by atoms with Crippen molar-refractivity contribution in [3.05, 3.63) is 164 Å². The summed E-state index contributed by atoms with van der Waals surface area (Å²) < 4.78 is 6.53. The van der Waals surface area contributed by atoms with Crippen LogP contribution in [-0.2, 0) is 0 Å². The Balaban J connectivity index is 1.15. The predicted octanol–water partition coefficient (Wildman–Crippen LogP) is 11.9. The summed E-state index contributed by atoms with van der Waals surface area (Å²) in [5.41, 5.74) is 6.97. The minimum absolute atomic E-state index is 0.635. The van der Waals surface area contributed by atoms with Crippen LogP contribution in [0.4, 0.5) is 0 Å². The summed E-state index contributed by atoms with van der Waals surface area (Å²) in [7, 11) is 0. The Labute approximate surface area is 282 Å². The molecule has 0 saturated heterocycles. The van der Waals surface area contributed by atoms with E-state index in [1.807, 2.05) is 48.5 Å². The van der Waals surface area contributed by atoms with Crippen LogP contribution in [0.3, 0.4) is 0 Å². The van der Waals surface area contributed by atoms with Crippen LogP contribution in [0.25, 0.3) is 99.5 Å². The van der Waals surface area contributed by atoms with E-state index in [4.69, 9.17) is 19.4 Å². The highest BCUT2D eigenvalue weighted by atomic mass is 16.3. The highest BCUT2D eigenvalue weighted by molar-refractivity contribution is 6.28. The third-order valence-electron chi connectivity index (χ3n) is 9.50. The lowest BCUT2D eigenvalue weighted by molar-refractivity contribution is 0.673. The van der Waals surface area contributed by atoms with Crippen molar-refractivity contribution in [3.8, 4) is 45.3 Å². The van der Waals surface area contributed by atoms with E-state index in [2.05, 4.69) is 115 Å². The first-order valence-corrected chi connectivity index (χ1v) is 16.4. The second-order valence-electron chi connectivity index (χ2n) is 12.4. The van der Waals surface area contributed by atoms with Gasteiger partial charge in [-0.25, -0.2) is 15.0 Å². The molecule has 2 aromatic heterocycles. The van der Waals surface area contributed by atoms with Crippen LogP contribution in [0.5, 0.6) is 0 Å². The maximum Gasteiger partial charge on any atom is 0.164 e. The van der Waals surface area contributed by atoms with E-state index < -0.39 is 0 Å². The Morgan fingerprint density at radius 3 is 1.55 bits per heavy atom. The molecule has 0 N–H and O–H groups in total. The van der Waals surface area contributed by atoms with Crippen LogP contribution in [0.2, 0.25) is 0 Å². The Bertz CT molecular complexity index is 2860. The van der Waals surface area contributed by atoms with Gasteiger partial charge in [0.25, 0.3) is 0 Å². The van der Waals surface area contributed by atoms with Crippen LogP contribution in [0.1, 0.15) is 0 Å². The smallest absolute Gasteiger partial charge is 0.164 e. The van der Waals surface area contributed by atoms with Crippen molar-refractivity contribution >= 4 is 54.3 Å². The number of rotatable bonds is 4. The quantitative estimate of drug-likeness (QED) is 0.183. The number of nitrogens with zero attached hydrogens (tertiary/aromatic N) is 3. The first kappa shape index (κ1) is 27.5. The second-order valence-corrected chi connectivity index (χ2v) is 12.4. The molecule has 8 aromatic carbocycles. The fourth-order valence-corrected chi connectivity index (χ4v) is 7.08. The number of benzene rings is 8. The van der Waals surface area contributed by atoms with Crippen molar-refractivity contribution in [2.45, 2.75) is 0 Å². The minimum atomic E-state index is 0.635. The highest BCUT2D eigenvalue weighted by Gasteiger charge is 2.16. The zero-order valence-corrected chi connectivity index (χ0v) is 26.3. The van der Waals surface area contributed by atoms with Crippen molar-refractivity contribution in [1.29, 1.82) is 0 Å². The van der Waals surface area contributed by atoms with E-state index in [0.717, 1.165) is 65.7 Å². The summed E-state index contributed by atoms with van der Waals surface area (Å²) in [5.74, 6) is 1.92. The maximum atomic E-state index is 6.53. The Kier molecular flexibility index (Phi) is 6.15. The average molecular weight is 626 g/mol. The molecule has 0 aliphatic rings. The molecule has 0 unspecified atom stereocenters. The van der Waals surface area contributed by atoms with Crippen molar-refractivity contribution in [2.24, 2.45) is 0 Å². The van der Waals surface area contributed by atoms with Gasteiger partial charge in [-0.3, -0.25) is 0 Å². The molecule has 4 heteroatoms. The van der Waals surface area contributed by atoms with E-state index in [-0.39, 0.29) is 0 Å². The van der Waals surface area contributed by atoms with Crippen LogP contribution in [-0.4, -0.2) is 15.0 Å². The molecule has 49 heavy (non-hydrogen) atoms. The largest absolute Gasteiger partial charge is 0.455 e. The molecule has 0 aliphatic carbocycles. The molecule has 0 aliphatic heterocycles. The summed E-state index contributed by atoms with van der Waals surface area (Å²) in [5, 5.41) is 9.19. The molecular weight excluding hydrogens is 599 g/mol. The van der Waals surface area contributed by atoms with Gasteiger partial charge in [-0.05, 0) is 50.9 Å². The van der Waals surface area contributed by atoms with Gasteiger partial charge < -0.3 is 4.42 Å². The average Bonchev–Trinajstić information content (AvgIpc) is 3.57. The predicted molar refractivity (Wildman–Crippen MR) is 201 cm³/mol. The first-order valence-electron chi connectivity index (χ1n) is 16.4. The molecule has 0 spiro atoms. The van der Waals surface area contributed by atoms with Crippen LogP contribution in [0.15, 0.2) is 168 Å². The summed E-state index contributed by atoms with van der Waals surface area (Å²) in [6.45, 7) is 0. The monoisotopic (exact) mass is 625 g/mol. The lowest BCUT2D eigenvalue weighted by Gasteiger charge is -2.11. The first-order chi connectivity index (χ1) is 24.3. The van der Waals surface area contributed by atoms with Crippen LogP contribution in [0, 0.1) is 0 Å². The van der Waals surface area contributed by atoms with E-state index in [1.165, 1.54) is 16.3 Å². The Hall–Kier alpha value is -6.65. The third kappa shape index (κ3) is 4.57. The minimum Gasteiger partial charge on any atom is -0.455 e. The number of fused-ring (bicyclic) bond motifs is 9. The zero-order valence-electron chi connectivity index (χ0n) is 26.3. The van der Waals surface area contributed by atoms with Gasteiger partial charge in [-0.1, -0.05) is 146 Å². The molecule has 228 valence electrons. The second kappa shape index (κ2) is 11.0. The van der Waals surface area contributed by atoms with Gasteiger partial charge in [0.1, 0.15) is 11.2 Å². The molecule has 0 saturated carbocycles. The summed E-state index contributed by atoms with van der Waals surface area (Å²) in [4.78, 5) is 15.0. The third-order valence-corrected chi connectivity index (χ3v) is 9.50. The number of para-hydroxylation sites is 1. The van der Waals surface area contributed by atoms with Crippen molar-refractivity contribution in [1.82, 2.24) is 15.0 Å². The summed E-state index contributed by atoms with van der Waals surface area (Å²) in [6, 6.07) is 56.9. The molecular formula is C45H27N3O. The number of hydrogen-bond donors (Lipinski definition) is 0. The lowest BCUT2D eigenvalue weighted by atomic mass is 9.94. The molecule has 4 nitrogen and oxygen atoms in total. The standard InChI is InChI=1S/C45H27N3O/c1-3-9-28(10-4-1)29-15-20-33(21-16-29)44-46-43(32-11-5-2-6-12-32)47-45(48-44)35-24-25-36-34(27-35)22-19-30-17-18-31-23-26-38-37-13-7-8-14-39(37)49-42(38)41(31)40(30)36/h1-27H. The van der Waals surface area contributed by atoms with Crippen molar-refractivity contribution < 1.29 is 4.42 Å². The molecule has 10 aromatic rings. The van der Waals surface area contributed by atoms with Gasteiger partial charge in [0.05, 0.1) is 0 Å². The van der Waals surface area contributed by atoms with Crippen molar-refractivity contribution in [2.75, 3.05) is 0 Å². The number of aromatic nitrogens is 3. The number of hydrogen-bond acceptors (Lipinski definition) is 4. The lowest BCUT2D eigenvalue weighted by Crippen LogP contribution is -2.00. The SMILES string of the molecule is c1ccc(-c2ccc(-c3nc(-c4ccccc4)nc(-c4ccc5c(ccc6ccc7ccc8c9ccccc9oc8c7c65)c4)n3)cc2)cc1. The highest BCUT2D eigenvalue weighted by Crippen LogP contribution is 2.40. The molecule has 0 atom stereocenters. The fourth-order valence-electron chi connectivity index (χ4n) is 7.08. The van der Waals surface area contributed by atoms with Gasteiger partial charge in [0.2, 0.25) is 0 Å². The van der Waals surface area contributed by atoms with E-state index in [9.17, 15) is 0 Å². The molecule has 2 heterocycles. The Morgan fingerprint density at radius 1 is 0.327 bits per heavy atom. The fraction of sp³-hybridized carbons (Fsp3) is 0. The number of furan rings is 1. The summed E-state index contributed by atoms with van der Waals surface area (Å²) >= 11 is 0. The molecule has 0 amide bonds. The zero-order chi connectivity index (χ0) is 32.3.